The van der Waals surface area contributed by atoms with Crippen LogP contribution in [0, 0.1) is 0 Å². The highest BCUT2D eigenvalue weighted by molar-refractivity contribution is 6.42. The van der Waals surface area contributed by atoms with Gasteiger partial charge in [-0.3, -0.25) is 0 Å². The molecule has 1 aliphatic heterocycles. The van der Waals surface area contributed by atoms with Crippen LogP contribution < -0.4 is 10.6 Å². The number of rotatable bonds is 5. The predicted octanol–water partition coefficient (Wildman–Crippen LogP) is 7.27. The summed E-state index contributed by atoms with van der Waals surface area (Å²) in [6, 6.07) is 14.9. The van der Waals surface area contributed by atoms with Gasteiger partial charge >= 0.3 is 12.4 Å². The molecule has 10 heteroatoms. The Labute approximate surface area is 214 Å². The fraction of sp³-hybridized carbons (Fsp3) is 0.308. The molecule has 0 radical (unpaired) electrons. The zero-order valence-corrected chi connectivity index (χ0v) is 20.3. The lowest BCUT2D eigenvalue weighted by Gasteiger charge is -2.44. The first-order valence-corrected chi connectivity index (χ1v) is 11.9. The summed E-state index contributed by atoms with van der Waals surface area (Å²) in [5, 5.41) is 7.11. The maximum absolute atomic E-state index is 13.8. The van der Waals surface area contributed by atoms with Crippen molar-refractivity contribution in [3.05, 3.63) is 105 Å². The summed E-state index contributed by atoms with van der Waals surface area (Å²) in [6.45, 7) is 0.560. The lowest BCUT2D eigenvalue weighted by Crippen LogP contribution is -2.63. The van der Waals surface area contributed by atoms with Crippen molar-refractivity contribution >= 4 is 23.2 Å². The maximum atomic E-state index is 13.8. The summed E-state index contributed by atoms with van der Waals surface area (Å²) in [5.74, 6) is 0. The standard InChI is InChI=1S/C26H22Cl2F6N2/c27-22-10-9-18(12-23(22)28)24(13-17-6-2-4-8-21(17)26(32,33)34)15-35-14-19(36-24)11-16-5-1-3-7-20(16)25(29,30)31/h1-10,12,19,35-36H,11,13-15H2. The van der Waals surface area contributed by atoms with Crippen LogP contribution in [0.1, 0.15) is 27.8 Å². The van der Waals surface area contributed by atoms with Gasteiger partial charge in [-0.15, -0.1) is 0 Å². The molecule has 36 heavy (non-hydrogen) atoms. The van der Waals surface area contributed by atoms with Crippen LogP contribution in [0.4, 0.5) is 26.3 Å². The van der Waals surface area contributed by atoms with Gasteiger partial charge in [-0.05, 0) is 53.8 Å². The van der Waals surface area contributed by atoms with Crippen molar-refractivity contribution in [2.45, 2.75) is 36.8 Å². The van der Waals surface area contributed by atoms with E-state index in [1.54, 1.807) is 18.2 Å². The fourth-order valence-electron chi connectivity index (χ4n) is 4.79. The normalized spacial score (nSPS) is 20.9. The summed E-state index contributed by atoms with van der Waals surface area (Å²) < 4.78 is 82.1. The Bertz CT molecular complexity index is 1230. The van der Waals surface area contributed by atoms with Gasteiger partial charge in [0.25, 0.3) is 0 Å². The molecule has 3 aromatic rings. The van der Waals surface area contributed by atoms with Crippen molar-refractivity contribution in [1.29, 1.82) is 0 Å². The highest BCUT2D eigenvalue weighted by Gasteiger charge is 2.42. The zero-order valence-electron chi connectivity index (χ0n) is 18.8. The number of benzene rings is 3. The van der Waals surface area contributed by atoms with Gasteiger partial charge in [0.15, 0.2) is 0 Å². The largest absolute Gasteiger partial charge is 0.416 e. The van der Waals surface area contributed by atoms with Gasteiger partial charge in [-0.25, -0.2) is 0 Å². The monoisotopic (exact) mass is 546 g/mol. The van der Waals surface area contributed by atoms with Crippen LogP contribution in [0.25, 0.3) is 0 Å². The molecule has 2 unspecified atom stereocenters. The van der Waals surface area contributed by atoms with E-state index in [4.69, 9.17) is 23.2 Å². The average Bonchev–Trinajstić information content (AvgIpc) is 2.80. The first-order valence-electron chi connectivity index (χ1n) is 11.1. The number of piperazine rings is 1. The Hall–Kier alpha value is -2.26. The highest BCUT2D eigenvalue weighted by Crippen LogP contribution is 2.38. The summed E-state index contributed by atoms with van der Waals surface area (Å²) in [4.78, 5) is 0. The van der Waals surface area contributed by atoms with E-state index < -0.39 is 35.1 Å². The summed E-state index contributed by atoms with van der Waals surface area (Å²) in [7, 11) is 0. The van der Waals surface area contributed by atoms with E-state index in [0.29, 0.717) is 12.1 Å². The molecule has 0 saturated carbocycles. The third-order valence-corrected chi connectivity index (χ3v) is 7.11. The van der Waals surface area contributed by atoms with Crippen molar-refractivity contribution in [3.63, 3.8) is 0 Å². The molecular weight excluding hydrogens is 525 g/mol. The molecule has 2 nitrogen and oxygen atoms in total. The first-order chi connectivity index (χ1) is 16.9. The Morgan fingerprint density at radius 3 is 1.97 bits per heavy atom. The molecule has 0 aromatic heterocycles. The number of hydrogen-bond acceptors (Lipinski definition) is 2. The van der Waals surface area contributed by atoms with Crippen LogP contribution in [-0.4, -0.2) is 19.1 Å². The van der Waals surface area contributed by atoms with Gasteiger partial charge in [0.2, 0.25) is 0 Å². The third-order valence-electron chi connectivity index (χ3n) is 6.37. The minimum atomic E-state index is -4.57. The van der Waals surface area contributed by atoms with Crippen molar-refractivity contribution in [1.82, 2.24) is 10.6 Å². The molecule has 0 aliphatic carbocycles. The second-order valence-corrected chi connectivity index (χ2v) is 9.69. The quantitative estimate of drug-likeness (QED) is 0.329. The van der Waals surface area contributed by atoms with Crippen LogP contribution in [-0.2, 0) is 30.7 Å². The predicted molar refractivity (Wildman–Crippen MR) is 128 cm³/mol. The van der Waals surface area contributed by atoms with Crippen LogP contribution in [0.2, 0.25) is 10.0 Å². The van der Waals surface area contributed by atoms with Crippen molar-refractivity contribution < 1.29 is 26.3 Å². The van der Waals surface area contributed by atoms with E-state index in [9.17, 15) is 26.3 Å². The average molecular weight is 547 g/mol. The van der Waals surface area contributed by atoms with Crippen molar-refractivity contribution in [2.24, 2.45) is 0 Å². The van der Waals surface area contributed by atoms with Gasteiger partial charge in [0, 0.05) is 19.1 Å². The lowest BCUT2D eigenvalue weighted by atomic mass is 9.79. The molecule has 0 bridgehead atoms. The summed E-state index contributed by atoms with van der Waals surface area (Å²) in [6.07, 6.45) is -9.15. The first kappa shape index (κ1) is 26.8. The highest BCUT2D eigenvalue weighted by atomic mass is 35.5. The smallest absolute Gasteiger partial charge is 0.313 e. The van der Waals surface area contributed by atoms with Crippen molar-refractivity contribution in [2.75, 3.05) is 13.1 Å². The van der Waals surface area contributed by atoms with Crippen LogP contribution in [0.3, 0.4) is 0 Å². The van der Waals surface area contributed by atoms with Gasteiger partial charge in [0.1, 0.15) is 0 Å². The van der Waals surface area contributed by atoms with Gasteiger partial charge < -0.3 is 10.6 Å². The minimum Gasteiger partial charge on any atom is -0.313 e. The van der Waals surface area contributed by atoms with E-state index in [1.807, 2.05) is 0 Å². The van der Waals surface area contributed by atoms with Crippen LogP contribution in [0.5, 0.6) is 0 Å². The molecule has 1 heterocycles. The Kier molecular flexibility index (Phi) is 7.62. The van der Waals surface area contributed by atoms with Crippen LogP contribution in [0.15, 0.2) is 66.7 Å². The number of halogens is 8. The van der Waals surface area contributed by atoms with E-state index >= 15 is 0 Å². The molecule has 0 spiro atoms. The molecule has 2 atom stereocenters. The number of nitrogens with one attached hydrogen (secondary N) is 2. The fourth-order valence-corrected chi connectivity index (χ4v) is 5.09. The molecule has 3 aromatic carbocycles. The molecule has 2 N–H and O–H groups in total. The summed E-state index contributed by atoms with van der Waals surface area (Å²) >= 11 is 12.3. The lowest BCUT2D eigenvalue weighted by molar-refractivity contribution is -0.139. The molecule has 192 valence electrons. The number of alkyl halides is 6. The topological polar surface area (TPSA) is 24.1 Å². The molecule has 1 aliphatic rings. The van der Waals surface area contributed by atoms with E-state index in [0.717, 1.165) is 12.1 Å². The van der Waals surface area contributed by atoms with Gasteiger partial charge in [-0.1, -0.05) is 65.7 Å². The Morgan fingerprint density at radius 1 is 0.778 bits per heavy atom. The van der Waals surface area contributed by atoms with Crippen molar-refractivity contribution in [3.8, 4) is 0 Å². The second kappa shape index (κ2) is 10.2. The van der Waals surface area contributed by atoms with Gasteiger partial charge in [-0.2, -0.15) is 26.3 Å². The third kappa shape index (κ3) is 5.83. The SMILES string of the molecule is FC(F)(F)c1ccccc1CC1CNCC(Cc2ccccc2C(F)(F)F)(c2ccc(Cl)c(Cl)c2)N1. The second-order valence-electron chi connectivity index (χ2n) is 8.87. The molecule has 1 saturated heterocycles. The number of hydrogen-bond donors (Lipinski definition) is 2. The zero-order chi connectivity index (χ0) is 26.1. The molecule has 0 amide bonds. The molecule has 1 fully saturated rings. The van der Waals surface area contributed by atoms with E-state index in [1.165, 1.54) is 36.4 Å². The minimum absolute atomic E-state index is 0.0205. The molecule has 4 rings (SSSR count). The van der Waals surface area contributed by atoms with Gasteiger partial charge in [0.05, 0.1) is 26.7 Å². The van der Waals surface area contributed by atoms with E-state index in [-0.39, 0.29) is 40.6 Å². The molecular formula is C26H22Cl2F6N2. The summed E-state index contributed by atoms with van der Waals surface area (Å²) in [5.41, 5.74) is -1.86. The maximum Gasteiger partial charge on any atom is 0.416 e. The van der Waals surface area contributed by atoms with Crippen LogP contribution >= 0.6 is 23.2 Å². The van der Waals surface area contributed by atoms with E-state index in [2.05, 4.69) is 10.6 Å². The Balaban J connectivity index is 1.74. The Morgan fingerprint density at radius 2 is 1.36 bits per heavy atom.